The number of H-pyrrole nitrogens is 3. The van der Waals surface area contributed by atoms with Crippen LogP contribution in [-0.2, 0) is 89.9 Å². The van der Waals surface area contributed by atoms with Crippen LogP contribution >= 0.6 is 0 Å². The number of aromatic nitrogens is 9. The third-order valence-corrected chi connectivity index (χ3v) is 14.9. The first-order chi connectivity index (χ1) is 46.7. The van der Waals surface area contributed by atoms with Crippen LogP contribution in [0.15, 0.2) is 68.4 Å². The third kappa shape index (κ3) is 30.1. The number of aliphatic hydroxyl groups is 2. The number of allylic oxidation sites excluding steroid dienone is 1. The Hall–Kier alpha value is -11.1. The molecule has 0 fully saturated rings. The number of nitrogens with one attached hydrogen (secondary N) is 13. The molecule has 0 aliphatic rings. The van der Waals surface area contributed by atoms with Crippen LogP contribution in [0.1, 0.15) is 132 Å². The first-order valence-corrected chi connectivity index (χ1v) is 31.5. The molecule has 0 radical (unpaired) electrons. The van der Waals surface area contributed by atoms with Gasteiger partial charge in [0.25, 0.3) is 0 Å². The van der Waals surface area contributed by atoms with E-state index >= 15 is 0 Å². The number of aryl methyl sites for hydroxylation is 1. The number of aromatic amines is 3. The zero-order chi connectivity index (χ0) is 72.2. The molecule has 0 aliphatic carbocycles. The molecule has 4 rings (SSSR count). The normalized spacial score (nSPS) is 13.8. The molecule has 0 saturated heterocycles. The van der Waals surface area contributed by atoms with E-state index in [-0.39, 0.29) is 100 Å². The molecule has 536 valence electrons. The second-order valence-electron chi connectivity index (χ2n) is 23.0. The van der Waals surface area contributed by atoms with E-state index in [0.29, 0.717) is 37.2 Å². The van der Waals surface area contributed by atoms with Crippen LogP contribution in [0.4, 0.5) is 4.79 Å². The molecule has 38 heteroatoms. The van der Waals surface area contributed by atoms with Crippen LogP contribution < -0.4 is 53.2 Å². The molecule has 0 spiro atoms. The van der Waals surface area contributed by atoms with Crippen molar-refractivity contribution in [1.82, 2.24) is 98.1 Å². The predicted octanol–water partition coefficient (Wildman–Crippen LogP) is -1.36. The Morgan fingerprint density at radius 3 is 1.62 bits per heavy atom. The highest BCUT2D eigenvalue weighted by Gasteiger charge is 2.39. The van der Waals surface area contributed by atoms with E-state index in [0.717, 1.165) is 0 Å². The van der Waals surface area contributed by atoms with Crippen molar-refractivity contribution in [2.45, 2.75) is 190 Å². The lowest BCUT2D eigenvalue weighted by Crippen LogP contribution is -2.64. The summed E-state index contributed by atoms with van der Waals surface area (Å²) >= 11 is 0. The van der Waals surface area contributed by atoms with Gasteiger partial charge in [-0.05, 0) is 64.2 Å². The maximum atomic E-state index is 14.7. The van der Waals surface area contributed by atoms with E-state index in [4.69, 9.17) is 0 Å². The number of aliphatic carboxylic acids is 4. The molecule has 0 aliphatic heterocycles. The van der Waals surface area contributed by atoms with E-state index in [1.807, 2.05) is 6.92 Å². The minimum absolute atomic E-state index is 0.000181. The standard InChI is InChI=1S/C60H87N19O19/c1-4-9-48(83)65-28-40-29-79(78-77-40)21-8-6-11-49(84)70-43(15-18-51(87)88)55(93)73-47(23-38-26-62-33-68-38)56(94)71-44(16-19-52(89)90)57(95)76-60(31-80,24-39-27-63-34-69-39)30-66-42(14-17-50(85)86)54(92)72-46(22-37-25-61-32-67-37)53(91)64-20-7-5-10-45(58(96)97)75-59(98)74-41(36(3)82)13-12-35(2)81/h25-27,29,31-34,41-47,66,81-82H,2-24,28,30H2,1H3,(H,61,67)(H,62,68)(H,63,69)(H,64,91)(H,65,83)(H,70,84)(H,71,94)(H,72,92)(H,73,93)(H,76,95)(H,85,86)(H,87,88)(H,89,90)(H,96,97)(H2,74,75,98). The molecule has 4 aromatic rings. The van der Waals surface area contributed by atoms with E-state index in [1.54, 1.807) is 6.20 Å². The molecule has 4 heterocycles. The van der Waals surface area contributed by atoms with Gasteiger partial charge in [0, 0.05) is 113 Å². The van der Waals surface area contributed by atoms with Gasteiger partial charge in [-0.1, -0.05) is 25.3 Å². The number of urea groups is 1. The lowest BCUT2D eigenvalue weighted by Gasteiger charge is -2.33. The molecule has 8 atom stereocenters. The highest BCUT2D eigenvalue weighted by atomic mass is 16.4. The van der Waals surface area contributed by atoms with Gasteiger partial charge in [-0.15, -0.1) is 5.10 Å². The fourth-order valence-corrected chi connectivity index (χ4v) is 9.67. The Balaban J connectivity index is 1.51. The summed E-state index contributed by atoms with van der Waals surface area (Å²) in [7, 11) is 0. The van der Waals surface area contributed by atoms with Gasteiger partial charge in [0.1, 0.15) is 53.5 Å². The van der Waals surface area contributed by atoms with Crippen LogP contribution in [-0.4, -0.2) is 214 Å². The summed E-state index contributed by atoms with van der Waals surface area (Å²) in [5.41, 5.74) is -0.797. The minimum Gasteiger partial charge on any atom is -0.513 e. The Morgan fingerprint density at radius 2 is 1.08 bits per heavy atom. The summed E-state index contributed by atoms with van der Waals surface area (Å²) < 4.78 is 1.53. The quantitative estimate of drug-likeness (QED) is 0.0138. The number of rotatable bonds is 50. The number of carbonyl (C=O) groups excluding carboxylic acids is 9. The van der Waals surface area contributed by atoms with Gasteiger partial charge in [-0.25, -0.2) is 24.5 Å². The van der Waals surface area contributed by atoms with Crippen LogP contribution in [0, 0.1) is 0 Å². The molecule has 8 unspecified atom stereocenters. The van der Waals surface area contributed by atoms with Crippen molar-refractivity contribution in [3.8, 4) is 0 Å². The summed E-state index contributed by atoms with van der Waals surface area (Å²) in [5, 5.41) is 91.9. The third-order valence-electron chi connectivity index (χ3n) is 14.9. The molecule has 4 aromatic heterocycles. The largest absolute Gasteiger partial charge is 0.513 e. The Kier molecular flexibility index (Phi) is 33.8. The molecular weight excluding hydrogens is 1290 g/mol. The van der Waals surface area contributed by atoms with Crippen molar-refractivity contribution in [1.29, 1.82) is 0 Å². The van der Waals surface area contributed by atoms with Gasteiger partial charge in [0.05, 0.1) is 49.6 Å². The Bertz CT molecular complexity index is 3310. The van der Waals surface area contributed by atoms with E-state index in [2.05, 4.69) is 107 Å². The number of carboxylic acid groups (broad SMARTS) is 4. The highest BCUT2D eigenvalue weighted by molar-refractivity contribution is 5.96. The molecule has 19 N–H and O–H groups in total. The summed E-state index contributed by atoms with van der Waals surface area (Å²) in [6.45, 7) is 8.34. The lowest BCUT2D eigenvalue weighted by atomic mass is 9.93. The lowest BCUT2D eigenvalue weighted by molar-refractivity contribution is -0.140. The van der Waals surface area contributed by atoms with Crippen LogP contribution in [0.25, 0.3) is 0 Å². The number of nitrogens with zero attached hydrogens (tertiary/aromatic N) is 6. The number of imidazole rings is 3. The monoisotopic (exact) mass is 1380 g/mol. The number of hydrogen-bond acceptors (Lipinski definition) is 21. The molecule has 0 bridgehead atoms. The van der Waals surface area contributed by atoms with Crippen molar-refractivity contribution in [2.24, 2.45) is 0 Å². The Morgan fingerprint density at radius 1 is 0.551 bits per heavy atom. The van der Waals surface area contributed by atoms with Gasteiger partial charge >= 0.3 is 29.9 Å². The van der Waals surface area contributed by atoms with Gasteiger partial charge in [0.2, 0.25) is 41.4 Å². The summed E-state index contributed by atoms with van der Waals surface area (Å²) in [6.07, 6.45) is 6.90. The molecule has 9 amide bonds. The number of amides is 9. The maximum absolute atomic E-state index is 14.7. The minimum atomic E-state index is -2.15. The fourth-order valence-electron chi connectivity index (χ4n) is 9.67. The van der Waals surface area contributed by atoms with Crippen molar-refractivity contribution in [2.75, 3.05) is 13.1 Å². The molecule has 98 heavy (non-hydrogen) atoms. The van der Waals surface area contributed by atoms with Crippen LogP contribution in [0.5, 0.6) is 0 Å². The number of unbranched alkanes of at least 4 members (excludes halogenated alkanes) is 2. The van der Waals surface area contributed by atoms with Crippen molar-refractivity contribution in [3.63, 3.8) is 0 Å². The maximum Gasteiger partial charge on any atom is 0.326 e. The first kappa shape index (κ1) is 79.4. The number of hydrogen-bond donors (Lipinski definition) is 19. The highest BCUT2D eigenvalue weighted by Crippen LogP contribution is 2.16. The van der Waals surface area contributed by atoms with Gasteiger partial charge in [-0.2, -0.15) is 0 Å². The first-order valence-electron chi connectivity index (χ1n) is 31.5. The molecule has 0 saturated carbocycles. The van der Waals surface area contributed by atoms with Gasteiger partial charge < -0.3 is 104 Å². The zero-order valence-corrected chi connectivity index (χ0v) is 54.0. The second-order valence-corrected chi connectivity index (χ2v) is 23.0. The Labute approximate surface area is 561 Å². The van der Waals surface area contributed by atoms with E-state index in [9.17, 15) is 93.0 Å². The average molecular weight is 1380 g/mol. The molecule has 0 aromatic carbocycles. The van der Waals surface area contributed by atoms with Crippen molar-refractivity contribution >= 4 is 77.5 Å². The van der Waals surface area contributed by atoms with E-state index in [1.165, 1.54) is 42.3 Å². The number of carbonyl (C=O) groups is 13. The number of aldehydes is 1. The molecular formula is C60H87N19O19. The average Bonchev–Trinajstić information content (AvgIpc) is 1.37. The van der Waals surface area contributed by atoms with Crippen molar-refractivity contribution in [3.05, 3.63) is 91.2 Å². The zero-order valence-electron chi connectivity index (χ0n) is 54.0. The van der Waals surface area contributed by atoms with Crippen molar-refractivity contribution < 1.29 is 93.0 Å². The second kappa shape index (κ2) is 41.7. The van der Waals surface area contributed by atoms with E-state index < -0.39 is 170 Å². The SMILES string of the molecule is C=C(O)CCC(NC(=O)NC(CCCCNC(=O)C(Cc1cnc[nH]1)NC(=O)C(CCC(=O)O)NCC(C=O)(Cc1cnc[nH]1)NC(=O)C(CCC(=O)O)NC(=O)C(Cc1cnc[nH]1)NC(=O)C(CCC(=O)O)NC(=O)CCCCn1cc(CNC(=O)CCC)nn1)C(=O)O)C(=C)O. The molecule has 38 nitrogen and oxygen atoms in total. The summed E-state index contributed by atoms with van der Waals surface area (Å²) in [6, 6.07) is -11.3. The smallest absolute Gasteiger partial charge is 0.326 e. The topological polar surface area (TPSA) is 580 Å². The predicted molar refractivity (Wildman–Crippen MR) is 341 cm³/mol. The van der Waals surface area contributed by atoms with Crippen LogP contribution in [0.3, 0.4) is 0 Å². The van der Waals surface area contributed by atoms with Gasteiger partial charge in [-0.3, -0.25) is 52.6 Å². The fraction of sp³-hybridized carbons (Fsp3) is 0.533. The number of carboxylic acids is 4. The summed E-state index contributed by atoms with van der Waals surface area (Å²) in [5.74, 6) is -12.0. The number of aliphatic hydroxyl groups excluding tert-OH is 2. The van der Waals surface area contributed by atoms with Gasteiger partial charge in [0.15, 0.2) is 0 Å². The summed E-state index contributed by atoms with van der Waals surface area (Å²) in [4.78, 5) is 191. The van der Waals surface area contributed by atoms with Crippen LogP contribution in [0.2, 0.25) is 0 Å².